The maximum Gasteiger partial charge on any atom is 0.276 e. The van der Waals surface area contributed by atoms with E-state index >= 15 is 0 Å². The molecule has 0 fully saturated rings. The molecule has 7 heteroatoms. The van der Waals surface area contributed by atoms with E-state index in [2.05, 4.69) is 25.8 Å². The Morgan fingerprint density at radius 1 is 0.794 bits per heavy atom. The minimum Gasteiger partial charge on any atom is -0.492 e. The Labute approximate surface area is 195 Å². The predicted octanol–water partition coefficient (Wildman–Crippen LogP) is 5.35. The highest BCUT2D eigenvalue weighted by Gasteiger charge is 2.16. The van der Waals surface area contributed by atoms with Crippen molar-refractivity contribution in [1.29, 1.82) is 0 Å². The molecule has 166 valence electrons. The van der Waals surface area contributed by atoms with E-state index in [0.29, 0.717) is 24.5 Å². The average molecular weight is 447 g/mol. The molecular formula is C27H21N5O2. The Kier molecular flexibility index (Phi) is 4.92. The fourth-order valence-electron chi connectivity index (χ4n) is 4.16. The van der Waals surface area contributed by atoms with E-state index in [1.807, 2.05) is 79.0 Å². The Morgan fingerprint density at radius 3 is 2.56 bits per heavy atom. The van der Waals surface area contributed by atoms with Gasteiger partial charge in [0, 0.05) is 35.6 Å². The van der Waals surface area contributed by atoms with E-state index in [1.54, 1.807) is 6.20 Å². The van der Waals surface area contributed by atoms with Crippen LogP contribution in [0.2, 0.25) is 0 Å². The highest BCUT2D eigenvalue weighted by molar-refractivity contribution is 6.11. The van der Waals surface area contributed by atoms with Crippen molar-refractivity contribution in [2.45, 2.75) is 0 Å². The molecule has 5 aromatic rings. The predicted molar refractivity (Wildman–Crippen MR) is 133 cm³/mol. The van der Waals surface area contributed by atoms with Gasteiger partial charge in [-0.15, -0.1) is 0 Å². The topological polar surface area (TPSA) is 91.9 Å². The minimum atomic E-state index is -0.274. The summed E-state index contributed by atoms with van der Waals surface area (Å²) in [6.45, 7) is 1.14. The van der Waals surface area contributed by atoms with Crippen molar-refractivity contribution in [2.75, 3.05) is 23.8 Å². The van der Waals surface area contributed by atoms with Crippen LogP contribution in [0.5, 0.6) is 5.75 Å². The van der Waals surface area contributed by atoms with E-state index in [-0.39, 0.29) is 5.91 Å². The molecule has 2 aromatic heterocycles. The van der Waals surface area contributed by atoms with Crippen LogP contribution in [0.15, 0.2) is 85.2 Å². The van der Waals surface area contributed by atoms with Gasteiger partial charge in [-0.05, 0) is 59.2 Å². The van der Waals surface area contributed by atoms with Crippen molar-refractivity contribution < 1.29 is 9.53 Å². The Hall–Kier alpha value is -4.65. The lowest BCUT2D eigenvalue weighted by molar-refractivity contribution is 0.102. The molecule has 1 aliphatic rings. The normalized spacial score (nSPS) is 13.2. The van der Waals surface area contributed by atoms with Gasteiger partial charge in [-0.25, -0.2) is 0 Å². The lowest BCUT2D eigenvalue weighted by atomic mass is 10.0. The molecule has 0 unspecified atom stereocenters. The summed E-state index contributed by atoms with van der Waals surface area (Å²) in [6, 6.07) is 23.6. The van der Waals surface area contributed by atoms with Gasteiger partial charge < -0.3 is 15.4 Å². The van der Waals surface area contributed by atoms with E-state index in [4.69, 9.17) is 4.74 Å². The third kappa shape index (κ3) is 3.84. The number of fused-ring (bicyclic) bond motifs is 9. The van der Waals surface area contributed by atoms with Crippen molar-refractivity contribution in [1.82, 2.24) is 15.2 Å². The highest BCUT2D eigenvalue weighted by Crippen LogP contribution is 2.29. The third-order valence-corrected chi connectivity index (χ3v) is 5.84. The van der Waals surface area contributed by atoms with Crippen LogP contribution in [-0.2, 0) is 0 Å². The first kappa shape index (κ1) is 20.0. The largest absolute Gasteiger partial charge is 0.492 e. The average Bonchev–Trinajstić information content (AvgIpc) is 3.30. The first-order valence-electron chi connectivity index (χ1n) is 11.0. The van der Waals surface area contributed by atoms with Crippen LogP contribution < -0.4 is 15.4 Å². The van der Waals surface area contributed by atoms with Gasteiger partial charge in [-0.3, -0.25) is 14.9 Å². The van der Waals surface area contributed by atoms with Gasteiger partial charge in [0.05, 0.1) is 11.2 Å². The zero-order chi connectivity index (χ0) is 22.9. The second-order valence-corrected chi connectivity index (χ2v) is 8.13. The number of amides is 1. The third-order valence-electron chi connectivity index (χ3n) is 5.84. The second kappa shape index (κ2) is 8.37. The standard InChI is InChI=1S/C27H21N5O2/c33-27-26-24-14-19(7-8-25(24)31-32-26)20-12-22(16-28-15-20)29-9-10-34-23-6-2-4-18(13-23)17-3-1-5-21(11-17)30-27/h1-8,11-16,29H,9-10H2,(H,30,33)(H,31,32). The number of pyridine rings is 1. The monoisotopic (exact) mass is 447 g/mol. The second-order valence-electron chi connectivity index (χ2n) is 8.13. The molecule has 1 amide bonds. The molecule has 0 atom stereocenters. The summed E-state index contributed by atoms with van der Waals surface area (Å²) in [5.74, 6) is 0.512. The van der Waals surface area contributed by atoms with Crippen molar-refractivity contribution in [2.24, 2.45) is 0 Å². The van der Waals surface area contributed by atoms with Gasteiger partial charge in [0.15, 0.2) is 5.69 Å². The molecule has 0 radical (unpaired) electrons. The van der Waals surface area contributed by atoms with Crippen LogP contribution >= 0.6 is 0 Å². The summed E-state index contributed by atoms with van der Waals surface area (Å²) < 4.78 is 5.97. The summed E-state index contributed by atoms with van der Waals surface area (Å²) in [5, 5.41) is 14.4. The van der Waals surface area contributed by atoms with E-state index in [1.165, 1.54) is 0 Å². The SMILES string of the molecule is O=C1Nc2cccc(c2)-c2cccc(c2)OCCNc2cncc(c2)-c2ccc3[nH]nc1c3c2. The number of carbonyl (C=O) groups is 1. The molecule has 0 spiro atoms. The van der Waals surface area contributed by atoms with Crippen molar-refractivity contribution >= 4 is 28.2 Å². The van der Waals surface area contributed by atoms with E-state index < -0.39 is 0 Å². The van der Waals surface area contributed by atoms with E-state index in [0.717, 1.165) is 44.6 Å². The molecule has 3 N–H and O–H groups in total. The fraction of sp³-hybridized carbons (Fsp3) is 0.0741. The van der Waals surface area contributed by atoms with Crippen LogP contribution in [0.3, 0.4) is 0 Å². The first-order valence-corrected chi connectivity index (χ1v) is 11.0. The number of aromatic amines is 1. The molecule has 7 nitrogen and oxygen atoms in total. The van der Waals surface area contributed by atoms with E-state index in [9.17, 15) is 4.79 Å². The van der Waals surface area contributed by atoms with Gasteiger partial charge in [-0.2, -0.15) is 5.10 Å². The number of hydrogen-bond donors (Lipinski definition) is 3. The molecule has 0 saturated carbocycles. The molecule has 3 aromatic carbocycles. The smallest absolute Gasteiger partial charge is 0.276 e. The van der Waals surface area contributed by atoms with Crippen LogP contribution in [0.25, 0.3) is 33.2 Å². The fourth-order valence-corrected chi connectivity index (χ4v) is 4.16. The maximum absolute atomic E-state index is 13.2. The number of H-pyrrole nitrogens is 1. The van der Waals surface area contributed by atoms with Gasteiger partial charge >= 0.3 is 0 Å². The number of nitrogens with one attached hydrogen (secondary N) is 3. The quantitative estimate of drug-likeness (QED) is 0.298. The lowest BCUT2D eigenvalue weighted by Crippen LogP contribution is -2.12. The van der Waals surface area contributed by atoms with Crippen LogP contribution in [0, 0.1) is 0 Å². The number of anilines is 2. The van der Waals surface area contributed by atoms with Gasteiger partial charge in [0.2, 0.25) is 0 Å². The summed E-state index contributed by atoms with van der Waals surface area (Å²) in [6.07, 6.45) is 3.59. The number of carbonyl (C=O) groups excluding carboxylic acids is 1. The number of rotatable bonds is 0. The van der Waals surface area contributed by atoms with Gasteiger partial charge in [0.25, 0.3) is 5.91 Å². The van der Waals surface area contributed by atoms with Gasteiger partial charge in [0.1, 0.15) is 12.4 Å². The maximum atomic E-state index is 13.2. The number of ether oxygens (including phenoxy) is 1. The molecule has 6 rings (SSSR count). The lowest BCUT2D eigenvalue weighted by Gasteiger charge is -2.11. The summed E-state index contributed by atoms with van der Waals surface area (Å²) in [4.78, 5) is 17.5. The van der Waals surface area contributed by atoms with Crippen molar-refractivity contribution in [3.8, 4) is 28.0 Å². The Morgan fingerprint density at radius 2 is 1.62 bits per heavy atom. The number of nitrogens with zero attached hydrogens (tertiary/aromatic N) is 2. The van der Waals surface area contributed by atoms with Crippen molar-refractivity contribution in [3.63, 3.8) is 0 Å². The van der Waals surface area contributed by atoms with Crippen LogP contribution in [-0.4, -0.2) is 34.2 Å². The number of aromatic nitrogens is 3. The molecule has 3 heterocycles. The first-order chi connectivity index (χ1) is 16.7. The molecule has 0 saturated heterocycles. The number of hydrogen-bond acceptors (Lipinski definition) is 5. The Balaban J connectivity index is 1.45. The zero-order valence-corrected chi connectivity index (χ0v) is 18.2. The van der Waals surface area contributed by atoms with Crippen LogP contribution in [0.4, 0.5) is 11.4 Å². The molecular weight excluding hydrogens is 426 g/mol. The molecule has 8 bridgehead atoms. The number of benzene rings is 3. The van der Waals surface area contributed by atoms with Crippen LogP contribution in [0.1, 0.15) is 10.5 Å². The minimum absolute atomic E-state index is 0.274. The summed E-state index contributed by atoms with van der Waals surface area (Å²) in [7, 11) is 0. The summed E-state index contributed by atoms with van der Waals surface area (Å²) in [5.41, 5.74) is 6.61. The molecule has 1 aliphatic heterocycles. The highest BCUT2D eigenvalue weighted by atomic mass is 16.5. The summed E-state index contributed by atoms with van der Waals surface area (Å²) >= 11 is 0. The molecule has 34 heavy (non-hydrogen) atoms. The Bertz CT molecular complexity index is 1520. The van der Waals surface area contributed by atoms with Gasteiger partial charge in [-0.1, -0.05) is 30.3 Å². The zero-order valence-electron chi connectivity index (χ0n) is 18.2. The van der Waals surface area contributed by atoms with Crippen molar-refractivity contribution in [3.05, 3.63) is 90.9 Å². The molecule has 0 aliphatic carbocycles.